The van der Waals surface area contributed by atoms with Crippen LogP contribution in [0.5, 0.6) is 0 Å². The van der Waals surface area contributed by atoms with Crippen molar-refractivity contribution < 1.29 is 18.3 Å². The largest absolute Gasteiger partial charge is 0.386 e. The van der Waals surface area contributed by atoms with Gasteiger partial charge in [0, 0.05) is 53.3 Å². The van der Waals surface area contributed by atoms with E-state index in [-0.39, 0.29) is 25.9 Å². The second-order valence-electron chi connectivity index (χ2n) is 7.93. The number of hydrogen-bond donors (Lipinski definition) is 1. The predicted octanol–water partition coefficient (Wildman–Crippen LogP) is 6.70. The van der Waals surface area contributed by atoms with Crippen molar-refractivity contribution in [1.29, 1.82) is 0 Å². The first kappa shape index (κ1) is 23.1. The minimum atomic E-state index is -2.73. The number of nitrogens with zero attached hydrogens (tertiary/aromatic N) is 2. The number of likely N-dealkylation sites (tertiary alicyclic amines) is 1. The zero-order valence-electron chi connectivity index (χ0n) is 17.0. The van der Waals surface area contributed by atoms with E-state index < -0.39 is 23.9 Å². The topological polar surface area (TPSA) is 36.4 Å². The Morgan fingerprint density at radius 3 is 2.22 bits per heavy atom. The van der Waals surface area contributed by atoms with Gasteiger partial charge in [-0.15, -0.1) is 0 Å². The Morgan fingerprint density at radius 2 is 1.59 bits per heavy atom. The van der Waals surface area contributed by atoms with Gasteiger partial charge in [-0.1, -0.05) is 41.4 Å². The smallest absolute Gasteiger partial charge is 0.250 e. The molecule has 0 bridgehead atoms. The summed E-state index contributed by atoms with van der Waals surface area (Å²) in [7, 11) is 0. The van der Waals surface area contributed by atoms with Gasteiger partial charge in [-0.2, -0.15) is 0 Å². The summed E-state index contributed by atoms with van der Waals surface area (Å²) in [5.74, 6) is -3.14. The van der Waals surface area contributed by atoms with Gasteiger partial charge in [0.25, 0.3) is 5.92 Å². The van der Waals surface area contributed by atoms with Crippen LogP contribution in [-0.4, -0.2) is 34.0 Å². The summed E-state index contributed by atoms with van der Waals surface area (Å²) in [6, 6.07) is 13.5. The van der Waals surface area contributed by atoms with E-state index in [9.17, 15) is 18.3 Å². The summed E-state index contributed by atoms with van der Waals surface area (Å²) < 4.78 is 41.2. The molecule has 2 aromatic carbocycles. The highest BCUT2D eigenvalue weighted by molar-refractivity contribution is 6.35. The lowest BCUT2D eigenvalue weighted by molar-refractivity contribution is -0.0766. The van der Waals surface area contributed by atoms with Gasteiger partial charge >= 0.3 is 0 Å². The molecule has 2 unspecified atom stereocenters. The Balaban J connectivity index is 1.76. The Bertz CT molecular complexity index is 1060. The van der Waals surface area contributed by atoms with E-state index in [4.69, 9.17) is 23.2 Å². The van der Waals surface area contributed by atoms with Crippen molar-refractivity contribution in [3.05, 3.63) is 87.8 Å². The fraction of sp³-hybridized carbons (Fsp3) is 0.292. The highest BCUT2D eigenvalue weighted by Crippen LogP contribution is 2.41. The molecule has 168 valence electrons. The molecule has 1 saturated heterocycles. The molecule has 1 aromatic heterocycles. The Kier molecular flexibility index (Phi) is 6.77. The second-order valence-corrected chi connectivity index (χ2v) is 8.81. The molecule has 2 atom stereocenters. The van der Waals surface area contributed by atoms with Crippen LogP contribution in [-0.2, 0) is 0 Å². The van der Waals surface area contributed by atoms with Gasteiger partial charge in [0.2, 0.25) is 0 Å². The molecule has 8 heteroatoms. The fourth-order valence-corrected chi connectivity index (χ4v) is 4.67. The van der Waals surface area contributed by atoms with E-state index in [1.54, 1.807) is 48.7 Å². The van der Waals surface area contributed by atoms with Crippen LogP contribution < -0.4 is 0 Å². The number of alkyl halides is 2. The van der Waals surface area contributed by atoms with Crippen molar-refractivity contribution >= 4 is 23.2 Å². The number of rotatable bonds is 5. The van der Waals surface area contributed by atoms with E-state index in [0.29, 0.717) is 32.4 Å². The van der Waals surface area contributed by atoms with E-state index in [1.807, 2.05) is 4.90 Å². The van der Waals surface area contributed by atoms with Crippen molar-refractivity contribution in [2.75, 3.05) is 13.1 Å². The molecule has 3 nitrogen and oxygen atoms in total. The normalized spacial score (nSPS) is 18.3. The Hall–Kier alpha value is -2.12. The molecule has 1 aliphatic rings. The molecule has 1 aliphatic heterocycles. The van der Waals surface area contributed by atoms with Gasteiger partial charge in [-0.3, -0.25) is 9.88 Å². The number of aliphatic hydroxyl groups excluding tert-OH is 1. The zero-order chi connectivity index (χ0) is 22.9. The van der Waals surface area contributed by atoms with Gasteiger partial charge in [-0.05, 0) is 42.0 Å². The van der Waals surface area contributed by atoms with Crippen LogP contribution >= 0.6 is 23.2 Å². The van der Waals surface area contributed by atoms with E-state index >= 15 is 0 Å². The molecule has 2 heterocycles. The van der Waals surface area contributed by atoms with Crippen LogP contribution in [0, 0.1) is 5.82 Å². The third-order valence-corrected chi connectivity index (χ3v) is 6.16. The summed E-state index contributed by atoms with van der Waals surface area (Å²) in [6.07, 6.45) is -0.134. The molecule has 1 N–H and O–H groups in total. The molecule has 0 aliphatic carbocycles. The van der Waals surface area contributed by atoms with Crippen molar-refractivity contribution in [3.8, 4) is 11.3 Å². The van der Waals surface area contributed by atoms with Gasteiger partial charge < -0.3 is 5.11 Å². The molecule has 1 fully saturated rings. The Morgan fingerprint density at radius 1 is 0.969 bits per heavy atom. The summed E-state index contributed by atoms with van der Waals surface area (Å²) in [6.45, 7) is 0.204. The molecule has 32 heavy (non-hydrogen) atoms. The van der Waals surface area contributed by atoms with Gasteiger partial charge in [-0.25, -0.2) is 13.2 Å². The van der Waals surface area contributed by atoms with Crippen LogP contribution in [0.2, 0.25) is 10.0 Å². The third kappa shape index (κ3) is 5.09. The number of pyridine rings is 1. The first-order valence-electron chi connectivity index (χ1n) is 10.2. The monoisotopic (exact) mass is 480 g/mol. The van der Waals surface area contributed by atoms with Crippen LogP contribution in [0.1, 0.15) is 36.1 Å². The summed E-state index contributed by atoms with van der Waals surface area (Å²) in [4.78, 5) is 6.25. The molecule has 3 aromatic rings. The molecular weight excluding hydrogens is 460 g/mol. The lowest BCUT2D eigenvalue weighted by atomic mass is 9.90. The quantitative estimate of drug-likeness (QED) is 0.441. The average molecular weight is 481 g/mol. The number of aromatic nitrogens is 1. The second kappa shape index (κ2) is 9.40. The number of hydrogen-bond acceptors (Lipinski definition) is 3. The van der Waals surface area contributed by atoms with E-state index in [1.165, 1.54) is 12.1 Å². The fourth-order valence-electron chi connectivity index (χ4n) is 4.14. The number of piperidine rings is 1. The highest BCUT2D eigenvalue weighted by atomic mass is 35.5. The predicted molar refractivity (Wildman–Crippen MR) is 120 cm³/mol. The minimum Gasteiger partial charge on any atom is -0.386 e. The number of aliphatic hydroxyl groups is 1. The maximum atomic E-state index is 13.8. The van der Waals surface area contributed by atoms with Crippen molar-refractivity contribution in [2.24, 2.45) is 0 Å². The maximum Gasteiger partial charge on any atom is 0.250 e. The van der Waals surface area contributed by atoms with E-state index in [2.05, 4.69) is 4.98 Å². The first-order chi connectivity index (χ1) is 15.2. The highest BCUT2D eigenvalue weighted by Gasteiger charge is 2.39. The summed E-state index contributed by atoms with van der Waals surface area (Å²) >= 11 is 12.3. The zero-order valence-corrected chi connectivity index (χ0v) is 18.5. The molecule has 0 radical (unpaired) electrons. The molecule has 0 saturated carbocycles. The maximum absolute atomic E-state index is 13.8. The van der Waals surface area contributed by atoms with Crippen LogP contribution in [0.25, 0.3) is 11.3 Å². The summed E-state index contributed by atoms with van der Waals surface area (Å²) in [5.41, 5.74) is 2.24. The average Bonchev–Trinajstić information content (AvgIpc) is 2.75. The van der Waals surface area contributed by atoms with E-state index in [0.717, 1.165) is 0 Å². The van der Waals surface area contributed by atoms with Crippen LogP contribution in [0.3, 0.4) is 0 Å². The molecule has 0 amide bonds. The van der Waals surface area contributed by atoms with Crippen molar-refractivity contribution in [3.63, 3.8) is 0 Å². The molecular formula is C24H21Cl2F3N2O. The van der Waals surface area contributed by atoms with Crippen molar-refractivity contribution in [1.82, 2.24) is 9.88 Å². The van der Waals surface area contributed by atoms with Gasteiger partial charge in [0.05, 0.1) is 11.7 Å². The summed E-state index contributed by atoms with van der Waals surface area (Å²) in [5, 5.41) is 12.4. The SMILES string of the molecule is OC(c1cccnc1-c1cc(Cl)cc(Cl)c1)C(c1ccc(F)cc1)N1CCC(F)(F)CC1. The first-order valence-corrected chi connectivity index (χ1v) is 11.0. The standard InChI is InChI=1S/C24H21Cl2F3N2O/c25-17-12-16(13-18(26)14-17)21-20(2-1-9-30-21)23(32)22(15-3-5-19(27)6-4-15)31-10-7-24(28,29)8-11-31/h1-6,9,12-14,22-23,32H,7-8,10-11H2. The van der Waals surface area contributed by atoms with Gasteiger partial charge in [0.1, 0.15) is 11.9 Å². The lowest BCUT2D eigenvalue weighted by Gasteiger charge is -2.40. The van der Waals surface area contributed by atoms with Crippen LogP contribution in [0.4, 0.5) is 13.2 Å². The van der Waals surface area contributed by atoms with Crippen LogP contribution in [0.15, 0.2) is 60.8 Å². The lowest BCUT2D eigenvalue weighted by Crippen LogP contribution is -2.43. The third-order valence-electron chi connectivity index (χ3n) is 5.73. The van der Waals surface area contributed by atoms with Crippen molar-refractivity contribution in [2.45, 2.75) is 30.9 Å². The molecule has 0 spiro atoms. The van der Waals surface area contributed by atoms with Gasteiger partial charge in [0.15, 0.2) is 0 Å². The number of halogens is 5. The Labute approximate surface area is 194 Å². The minimum absolute atomic E-state index is 0.102. The number of benzene rings is 2. The molecule has 4 rings (SSSR count).